The minimum Gasteiger partial charge on any atom is -0.477 e. The molecule has 89 heavy (non-hydrogen) atoms. The number of aliphatic carboxylic acids is 1. The summed E-state index contributed by atoms with van der Waals surface area (Å²) in [5, 5.41) is 9.75. The van der Waals surface area contributed by atoms with E-state index >= 15 is 0 Å². The third kappa shape index (κ3) is 71.5. The lowest BCUT2D eigenvalue weighted by atomic mass is 10.0. The van der Waals surface area contributed by atoms with Gasteiger partial charge in [0.1, 0.15) is 13.2 Å². The van der Waals surface area contributed by atoms with Crippen LogP contribution in [-0.2, 0) is 33.3 Å². The Labute approximate surface area is 550 Å². The van der Waals surface area contributed by atoms with Crippen LogP contribution >= 0.6 is 0 Å². The van der Waals surface area contributed by atoms with Gasteiger partial charge in [-0.3, -0.25) is 9.59 Å². The summed E-state index contributed by atoms with van der Waals surface area (Å²) < 4.78 is 22.9. The minimum atomic E-state index is -1.53. The lowest BCUT2D eigenvalue weighted by molar-refractivity contribution is -0.870. The Morgan fingerprint density at radius 3 is 0.978 bits per heavy atom. The van der Waals surface area contributed by atoms with E-state index in [9.17, 15) is 19.5 Å². The van der Waals surface area contributed by atoms with E-state index in [1.807, 2.05) is 21.1 Å². The van der Waals surface area contributed by atoms with Gasteiger partial charge in [0.05, 0.1) is 34.4 Å². The molecule has 0 fully saturated rings. The molecule has 2 atom stereocenters. The zero-order valence-corrected chi connectivity index (χ0v) is 58.8. The largest absolute Gasteiger partial charge is 0.477 e. The smallest absolute Gasteiger partial charge is 0.361 e. The lowest BCUT2D eigenvalue weighted by Gasteiger charge is -2.25. The molecule has 0 radical (unpaired) electrons. The molecule has 2 unspecified atom stereocenters. The Kier molecular flexibility index (Phi) is 67.1. The Morgan fingerprint density at radius 1 is 0.348 bits per heavy atom. The van der Waals surface area contributed by atoms with Crippen LogP contribution < -0.4 is 0 Å². The second-order valence-corrected chi connectivity index (χ2v) is 26.2. The second-order valence-electron chi connectivity index (χ2n) is 26.2. The van der Waals surface area contributed by atoms with Gasteiger partial charge < -0.3 is 28.5 Å². The van der Waals surface area contributed by atoms with Gasteiger partial charge in [-0.05, 0) is 96.3 Å². The number of esters is 2. The number of likely N-dealkylation sites (N-methyl/N-ethyl adjacent to an activating group) is 1. The third-order valence-electron chi connectivity index (χ3n) is 16.3. The fourth-order valence-corrected chi connectivity index (χ4v) is 10.6. The number of ether oxygens (including phenoxy) is 4. The van der Waals surface area contributed by atoms with E-state index in [0.29, 0.717) is 23.9 Å². The van der Waals surface area contributed by atoms with E-state index in [0.717, 1.165) is 83.5 Å². The van der Waals surface area contributed by atoms with Crippen LogP contribution in [0.2, 0.25) is 0 Å². The summed E-state index contributed by atoms with van der Waals surface area (Å²) >= 11 is 0. The number of hydrogen-bond donors (Lipinski definition) is 1. The maximum Gasteiger partial charge on any atom is 0.361 e. The fourth-order valence-electron chi connectivity index (χ4n) is 10.6. The molecule has 0 heterocycles. The average molecular weight is 1250 g/mol. The molecule has 0 aromatic rings. The molecule has 0 aliphatic rings. The van der Waals surface area contributed by atoms with Crippen molar-refractivity contribution in [2.24, 2.45) is 0 Å². The zero-order valence-electron chi connectivity index (χ0n) is 58.8. The number of nitrogens with zero attached hydrogens (tertiary/aromatic N) is 1. The van der Waals surface area contributed by atoms with Crippen molar-refractivity contribution >= 4 is 17.9 Å². The van der Waals surface area contributed by atoms with Crippen LogP contribution in [-0.4, -0.2) is 87.4 Å². The van der Waals surface area contributed by atoms with Gasteiger partial charge in [0.2, 0.25) is 0 Å². The fraction of sp³-hybridized carbons (Fsp3) is 0.762. The van der Waals surface area contributed by atoms with Gasteiger partial charge in [-0.15, -0.1) is 0 Å². The summed E-state index contributed by atoms with van der Waals surface area (Å²) in [5.41, 5.74) is 0. The molecule has 0 bridgehead atoms. The minimum absolute atomic E-state index is 0.177. The van der Waals surface area contributed by atoms with Gasteiger partial charge in [-0.2, -0.15) is 0 Å². The third-order valence-corrected chi connectivity index (χ3v) is 16.3. The van der Waals surface area contributed by atoms with Crippen molar-refractivity contribution in [1.82, 2.24) is 0 Å². The van der Waals surface area contributed by atoms with Gasteiger partial charge in [0, 0.05) is 12.8 Å². The molecule has 0 saturated carbocycles. The van der Waals surface area contributed by atoms with Gasteiger partial charge >= 0.3 is 17.9 Å². The second kappa shape index (κ2) is 70.1. The molecule has 0 aliphatic heterocycles. The number of allylic oxidation sites excluding steroid dienone is 16. The van der Waals surface area contributed by atoms with Gasteiger partial charge in [0.25, 0.3) is 6.29 Å². The molecule has 0 rings (SSSR count). The number of carbonyl (C=O) groups excluding carboxylic acids is 2. The predicted molar refractivity (Wildman–Crippen MR) is 382 cm³/mol. The maximum absolute atomic E-state index is 12.9. The van der Waals surface area contributed by atoms with Crippen LogP contribution in [0, 0.1) is 0 Å². The molecule has 0 aromatic carbocycles. The summed E-state index contributed by atoms with van der Waals surface area (Å²) in [7, 11) is 5.97. The highest BCUT2D eigenvalue weighted by Gasteiger charge is 2.25. The summed E-state index contributed by atoms with van der Waals surface area (Å²) in [5.74, 6) is -2.04. The van der Waals surface area contributed by atoms with Crippen molar-refractivity contribution in [3.63, 3.8) is 0 Å². The summed E-state index contributed by atoms with van der Waals surface area (Å²) in [6.07, 6.45) is 94.2. The normalized spacial score (nSPS) is 13.2. The molecule has 0 aromatic heterocycles. The number of quaternary nitrogens is 1. The topological polar surface area (TPSA) is 108 Å². The van der Waals surface area contributed by atoms with Crippen LogP contribution in [0.3, 0.4) is 0 Å². The first-order valence-corrected chi connectivity index (χ1v) is 37.4. The highest BCUT2D eigenvalue weighted by Crippen LogP contribution is 2.18. The van der Waals surface area contributed by atoms with Crippen molar-refractivity contribution in [2.45, 2.75) is 347 Å². The quantitative estimate of drug-likeness (QED) is 0.0211. The summed E-state index contributed by atoms with van der Waals surface area (Å²) in [6, 6.07) is 0. The lowest BCUT2D eigenvalue weighted by Crippen LogP contribution is -2.40. The van der Waals surface area contributed by atoms with Crippen LogP contribution in [0.4, 0.5) is 0 Å². The van der Waals surface area contributed by atoms with E-state index in [4.69, 9.17) is 18.9 Å². The standard InChI is InChI=1S/C80H141NO8/c1-6-8-10-12-14-16-18-20-22-24-26-28-30-32-33-34-35-36-37-38-39-40-41-42-43-44-45-47-48-50-52-54-56-58-60-62-64-66-68-70-77(82)87-74-76(75-88-80(79(84)85)86-73-72-81(3,4)5)89-78(83)71-69-67-65-63-61-59-57-55-53-51-49-46-31-29-27-25-23-21-19-17-15-13-11-9-7-2/h9,11,15,17,21,23-24,26-27,29,46,49,53,55,59,61,76,80H,6-8,10,12-14,16,18-20,22,25,28,30-45,47-48,50-52,54,56-58,60,62-75H2,1-5H3/p+1/b11-9-,17-15-,23-21-,26-24-,29-27-,49-46-,55-53-,61-59-. The molecule has 1 N–H and O–H groups in total. The Balaban J connectivity index is 4.04. The number of carbonyl (C=O) groups is 3. The van der Waals surface area contributed by atoms with Crippen molar-refractivity contribution in [2.75, 3.05) is 47.5 Å². The van der Waals surface area contributed by atoms with E-state index in [1.165, 1.54) is 218 Å². The first-order valence-electron chi connectivity index (χ1n) is 37.4. The van der Waals surface area contributed by atoms with Crippen molar-refractivity contribution in [3.05, 3.63) is 97.2 Å². The molecule has 9 nitrogen and oxygen atoms in total. The first kappa shape index (κ1) is 85.2. The van der Waals surface area contributed by atoms with Gasteiger partial charge in [0.15, 0.2) is 6.10 Å². The zero-order chi connectivity index (χ0) is 64.7. The SMILES string of the molecule is CC/C=C\C/C=C\C/C=C\C/C=C\C/C=C\C/C=C\C/C=C\CCCCCC(=O)OC(COC(=O)CCCCCCCCCCCCCCCCCCCCCCCCCCCCC/C=C\CCCCCCCCCC)COC(OCC[N+](C)(C)C)C(=O)O. The predicted octanol–water partition coefficient (Wildman–Crippen LogP) is 23.6. The molecule has 0 saturated heterocycles. The maximum atomic E-state index is 12.9. The van der Waals surface area contributed by atoms with E-state index in [1.54, 1.807) is 0 Å². The van der Waals surface area contributed by atoms with Crippen molar-refractivity contribution in [1.29, 1.82) is 0 Å². The Morgan fingerprint density at radius 2 is 0.640 bits per heavy atom. The monoisotopic (exact) mass is 1250 g/mol. The highest BCUT2D eigenvalue weighted by atomic mass is 16.7. The Hall–Kier alpha value is -3.79. The number of hydrogen-bond acceptors (Lipinski definition) is 7. The van der Waals surface area contributed by atoms with E-state index in [-0.39, 0.29) is 32.2 Å². The average Bonchev–Trinajstić information content (AvgIpc) is 3.64. The van der Waals surface area contributed by atoms with Crippen LogP contribution in [0.1, 0.15) is 335 Å². The molecule has 514 valence electrons. The highest BCUT2D eigenvalue weighted by molar-refractivity contribution is 5.71. The van der Waals surface area contributed by atoms with Gasteiger partial charge in [-0.25, -0.2) is 4.79 Å². The number of carboxylic acids is 1. The molecule has 9 heteroatoms. The van der Waals surface area contributed by atoms with E-state index < -0.39 is 24.3 Å². The van der Waals surface area contributed by atoms with Crippen molar-refractivity contribution in [3.8, 4) is 0 Å². The molecule has 0 amide bonds. The van der Waals surface area contributed by atoms with Crippen LogP contribution in [0.25, 0.3) is 0 Å². The van der Waals surface area contributed by atoms with Gasteiger partial charge in [-0.1, -0.05) is 323 Å². The van der Waals surface area contributed by atoms with Crippen molar-refractivity contribution < 1.29 is 42.9 Å². The number of unbranched alkanes of at least 4 members (excludes halogenated alkanes) is 38. The Bertz CT molecular complexity index is 1790. The molecule has 0 aliphatic carbocycles. The molecular formula is C80H142NO8+. The number of carboxylic acid groups (broad SMARTS) is 1. The molecule has 0 spiro atoms. The number of rotatable bonds is 69. The summed E-state index contributed by atoms with van der Waals surface area (Å²) in [4.78, 5) is 37.6. The van der Waals surface area contributed by atoms with Crippen LogP contribution in [0.5, 0.6) is 0 Å². The summed E-state index contributed by atoms with van der Waals surface area (Å²) in [6.45, 7) is 4.75. The first-order chi connectivity index (χ1) is 43.6. The van der Waals surface area contributed by atoms with Crippen LogP contribution in [0.15, 0.2) is 97.2 Å². The van der Waals surface area contributed by atoms with E-state index in [2.05, 4.69) is 111 Å². The molecular weight excluding hydrogens is 1100 g/mol.